The molecule has 6 heteroatoms. The average Bonchev–Trinajstić information content (AvgIpc) is 2.97. The molecule has 4 bridgehead atoms. The van der Waals surface area contributed by atoms with Gasteiger partial charge in [0.2, 0.25) is 0 Å². The Labute approximate surface area is 128 Å². The third-order valence-electron chi connectivity index (χ3n) is 5.62. The molecule has 4 unspecified atom stereocenters. The van der Waals surface area contributed by atoms with Gasteiger partial charge in [0.25, 0.3) is 5.91 Å². The summed E-state index contributed by atoms with van der Waals surface area (Å²) in [6.07, 6.45) is 5.75. The third-order valence-corrected chi connectivity index (χ3v) is 6.84. The van der Waals surface area contributed by atoms with Crippen LogP contribution in [0.4, 0.5) is 0 Å². The molecule has 0 aromatic rings. The van der Waals surface area contributed by atoms with Gasteiger partial charge in [-0.15, -0.1) is 11.8 Å². The van der Waals surface area contributed by atoms with E-state index < -0.39 is 5.60 Å². The van der Waals surface area contributed by atoms with Crippen molar-refractivity contribution in [3.8, 4) is 0 Å². The van der Waals surface area contributed by atoms with Crippen molar-refractivity contribution in [2.75, 3.05) is 13.2 Å². The summed E-state index contributed by atoms with van der Waals surface area (Å²) < 4.78 is 11.6. The summed E-state index contributed by atoms with van der Waals surface area (Å²) in [4.78, 5) is 17.4. The zero-order chi connectivity index (χ0) is 14.0. The van der Waals surface area contributed by atoms with Gasteiger partial charge in [-0.1, -0.05) is 0 Å². The maximum atomic E-state index is 12.8. The van der Waals surface area contributed by atoms with Crippen LogP contribution in [0.25, 0.3) is 0 Å². The Morgan fingerprint density at radius 2 is 2.10 bits per heavy atom. The second-order valence-electron chi connectivity index (χ2n) is 7.17. The van der Waals surface area contributed by atoms with Crippen LogP contribution in [-0.4, -0.2) is 47.3 Å². The molecule has 0 aromatic carbocycles. The van der Waals surface area contributed by atoms with Gasteiger partial charge in [0.05, 0.1) is 30.3 Å². The lowest BCUT2D eigenvalue weighted by atomic mass is 9.62. The Hall–Kier alpha value is -0.590. The summed E-state index contributed by atoms with van der Waals surface area (Å²) in [6, 6.07) is 0. The van der Waals surface area contributed by atoms with E-state index in [2.05, 4.69) is 10.3 Å². The van der Waals surface area contributed by atoms with E-state index in [4.69, 9.17) is 9.47 Å². The maximum absolute atomic E-state index is 12.8. The van der Waals surface area contributed by atoms with E-state index >= 15 is 0 Å². The minimum atomic E-state index is -0.552. The molecule has 21 heavy (non-hydrogen) atoms. The standard InChI is InChI=1S/C15H20N2O3S/c18-13(17-14-16-11-6-19-7-12(11)21-14)15-4-8-1-9(5-15)3-10(2-8)20-15/h8-10,12,14H,1-7H2,(H,17,18). The first-order chi connectivity index (χ1) is 10.2. The van der Waals surface area contributed by atoms with Gasteiger partial charge in [-0.2, -0.15) is 0 Å². The number of fused-ring (bicyclic) bond motifs is 1. The van der Waals surface area contributed by atoms with E-state index in [0.29, 0.717) is 29.8 Å². The smallest absolute Gasteiger partial charge is 0.254 e. The highest BCUT2D eigenvalue weighted by Crippen LogP contribution is 2.53. The number of nitrogens with zero attached hydrogens (tertiary/aromatic N) is 1. The summed E-state index contributed by atoms with van der Waals surface area (Å²) in [7, 11) is 0. The molecule has 0 aromatic heterocycles. The van der Waals surface area contributed by atoms with Crippen LogP contribution in [0.3, 0.4) is 0 Å². The minimum absolute atomic E-state index is 0.0735. The molecule has 5 nitrogen and oxygen atoms in total. The largest absolute Gasteiger partial charge is 0.374 e. The summed E-state index contributed by atoms with van der Waals surface area (Å²) in [5.74, 6) is 1.46. The summed E-state index contributed by atoms with van der Waals surface area (Å²) in [5.41, 5.74) is 0.402. The van der Waals surface area contributed by atoms with Gasteiger partial charge >= 0.3 is 0 Å². The van der Waals surface area contributed by atoms with E-state index in [0.717, 1.165) is 38.0 Å². The van der Waals surface area contributed by atoms with Gasteiger partial charge in [0, 0.05) is 0 Å². The molecule has 114 valence electrons. The lowest BCUT2D eigenvalue weighted by Gasteiger charge is -2.55. The molecule has 0 spiro atoms. The molecule has 4 aliphatic heterocycles. The van der Waals surface area contributed by atoms with E-state index in [1.165, 1.54) is 6.42 Å². The SMILES string of the molecule is O=C(NC1N=C2COCC2S1)C12CC3CC(CC(C3)O1)C2. The molecule has 3 saturated heterocycles. The molecule has 1 amide bonds. The molecular weight excluding hydrogens is 288 g/mol. The van der Waals surface area contributed by atoms with Crippen molar-refractivity contribution < 1.29 is 14.3 Å². The van der Waals surface area contributed by atoms with Crippen LogP contribution in [0.5, 0.6) is 0 Å². The quantitative estimate of drug-likeness (QED) is 0.836. The summed E-state index contributed by atoms with van der Waals surface area (Å²) >= 11 is 1.70. The number of hydrogen-bond acceptors (Lipinski definition) is 5. The van der Waals surface area contributed by atoms with Crippen molar-refractivity contribution in [2.45, 2.75) is 54.6 Å². The molecule has 0 radical (unpaired) electrons. The van der Waals surface area contributed by atoms with Crippen molar-refractivity contribution in [3.05, 3.63) is 0 Å². The number of carbonyl (C=O) groups excluding carboxylic acids is 1. The van der Waals surface area contributed by atoms with Gasteiger partial charge in [0.1, 0.15) is 5.60 Å². The number of carbonyl (C=O) groups is 1. The molecule has 1 N–H and O–H groups in total. The number of nitrogens with one attached hydrogen (secondary N) is 1. The first kappa shape index (κ1) is 12.9. The van der Waals surface area contributed by atoms with Crippen molar-refractivity contribution in [2.24, 2.45) is 16.8 Å². The molecule has 4 heterocycles. The molecule has 2 aliphatic carbocycles. The lowest BCUT2D eigenvalue weighted by molar-refractivity contribution is -0.218. The van der Waals surface area contributed by atoms with E-state index in [9.17, 15) is 4.79 Å². The highest BCUT2D eigenvalue weighted by atomic mass is 32.2. The topological polar surface area (TPSA) is 59.9 Å². The summed E-state index contributed by atoms with van der Waals surface area (Å²) in [6.45, 7) is 1.35. The number of amides is 1. The van der Waals surface area contributed by atoms with Crippen LogP contribution in [-0.2, 0) is 14.3 Å². The van der Waals surface area contributed by atoms with Crippen LogP contribution < -0.4 is 5.32 Å². The zero-order valence-corrected chi connectivity index (χ0v) is 12.7. The van der Waals surface area contributed by atoms with E-state index in [1.54, 1.807) is 11.8 Å². The van der Waals surface area contributed by atoms with Crippen LogP contribution in [0.2, 0.25) is 0 Å². The number of thioether (sulfide) groups is 1. The highest BCUT2D eigenvalue weighted by molar-refractivity contribution is 8.01. The maximum Gasteiger partial charge on any atom is 0.254 e. The molecular formula is C15H20N2O3S. The van der Waals surface area contributed by atoms with Gasteiger partial charge in [-0.25, -0.2) is 0 Å². The Morgan fingerprint density at radius 1 is 1.29 bits per heavy atom. The predicted molar refractivity (Wildman–Crippen MR) is 79.2 cm³/mol. The first-order valence-electron chi connectivity index (χ1n) is 7.99. The number of rotatable bonds is 2. The fourth-order valence-corrected chi connectivity index (χ4v) is 6.09. The molecule has 6 rings (SSSR count). The summed E-state index contributed by atoms with van der Waals surface area (Å²) in [5, 5.41) is 3.46. The lowest BCUT2D eigenvalue weighted by Crippen LogP contribution is -2.62. The Morgan fingerprint density at radius 3 is 2.81 bits per heavy atom. The van der Waals surface area contributed by atoms with Gasteiger partial charge in [-0.3, -0.25) is 9.79 Å². The average molecular weight is 308 g/mol. The Bertz CT molecular complexity index is 486. The second kappa shape index (κ2) is 4.46. The second-order valence-corrected chi connectivity index (χ2v) is 8.46. The first-order valence-corrected chi connectivity index (χ1v) is 8.93. The number of aliphatic imine (C=N–C) groups is 1. The van der Waals surface area contributed by atoms with Crippen molar-refractivity contribution in [3.63, 3.8) is 0 Å². The monoisotopic (exact) mass is 308 g/mol. The fourth-order valence-electron chi connectivity index (χ4n) is 4.95. The highest BCUT2D eigenvalue weighted by Gasteiger charge is 2.56. The minimum Gasteiger partial charge on any atom is -0.374 e. The van der Waals surface area contributed by atoms with Crippen LogP contribution in [0.1, 0.15) is 32.1 Å². The van der Waals surface area contributed by atoms with Crippen LogP contribution >= 0.6 is 11.8 Å². The Balaban J connectivity index is 1.32. The van der Waals surface area contributed by atoms with E-state index in [-0.39, 0.29) is 11.4 Å². The molecule has 4 atom stereocenters. The zero-order valence-electron chi connectivity index (χ0n) is 11.9. The normalized spacial score (nSPS) is 50.1. The van der Waals surface area contributed by atoms with Gasteiger partial charge < -0.3 is 14.8 Å². The third kappa shape index (κ3) is 1.99. The van der Waals surface area contributed by atoms with Crippen LogP contribution in [0, 0.1) is 11.8 Å². The molecule has 5 fully saturated rings. The molecule has 2 saturated carbocycles. The number of hydrogen-bond donors (Lipinski definition) is 1. The van der Waals surface area contributed by atoms with Gasteiger partial charge in [0.15, 0.2) is 5.50 Å². The number of ether oxygens (including phenoxy) is 2. The molecule has 6 aliphatic rings. The van der Waals surface area contributed by atoms with Gasteiger partial charge in [-0.05, 0) is 43.9 Å². The van der Waals surface area contributed by atoms with Crippen molar-refractivity contribution in [1.29, 1.82) is 0 Å². The van der Waals surface area contributed by atoms with Crippen LogP contribution in [0.15, 0.2) is 4.99 Å². The Kier molecular flexibility index (Phi) is 2.74. The predicted octanol–water partition coefficient (Wildman–Crippen LogP) is 1.32. The fraction of sp³-hybridized carbons (Fsp3) is 0.867. The van der Waals surface area contributed by atoms with E-state index in [1.807, 2.05) is 0 Å². The van der Waals surface area contributed by atoms with Crippen molar-refractivity contribution in [1.82, 2.24) is 5.32 Å². The van der Waals surface area contributed by atoms with Crippen molar-refractivity contribution >= 4 is 23.4 Å².